The maximum absolute atomic E-state index is 5.83. The standard InChI is InChI=1S/C15H25NO2/c1-5-12(2)18-15-8-6-7-14(11-15)13(3)16-9-10-17-4/h6-8,11-13,16H,5,9-10H2,1-4H3/t12-,13+/m0/s1. The first-order valence-electron chi connectivity index (χ1n) is 6.66. The van der Waals surface area contributed by atoms with Crippen LogP contribution in [0.3, 0.4) is 0 Å². The van der Waals surface area contributed by atoms with Gasteiger partial charge in [-0.15, -0.1) is 0 Å². The Labute approximate surface area is 110 Å². The van der Waals surface area contributed by atoms with Crippen LogP contribution in [0.1, 0.15) is 38.8 Å². The minimum atomic E-state index is 0.261. The van der Waals surface area contributed by atoms with Gasteiger partial charge in [0.25, 0.3) is 0 Å². The van der Waals surface area contributed by atoms with Crippen LogP contribution in [-0.4, -0.2) is 26.4 Å². The van der Waals surface area contributed by atoms with E-state index in [1.807, 2.05) is 12.1 Å². The summed E-state index contributed by atoms with van der Waals surface area (Å²) in [6.07, 6.45) is 1.28. The Hall–Kier alpha value is -1.06. The van der Waals surface area contributed by atoms with Crippen molar-refractivity contribution in [1.82, 2.24) is 5.32 Å². The van der Waals surface area contributed by atoms with Crippen LogP contribution < -0.4 is 10.1 Å². The monoisotopic (exact) mass is 251 g/mol. The molecule has 0 aliphatic heterocycles. The van der Waals surface area contributed by atoms with Crippen molar-refractivity contribution in [3.05, 3.63) is 29.8 Å². The number of methoxy groups -OCH3 is 1. The Bertz CT molecular complexity index is 341. The first kappa shape index (κ1) is 15.0. The highest BCUT2D eigenvalue weighted by Crippen LogP contribution is 2.20. The van der Waals surface area contributed by atoms with Crippen molar-refractivity contribution in [3.8, 4) is 5.75 Å². The van der Waals surface area contributed by atoms with E-state index in [1.54, 1.807) is 7.11 Å². The van der Waals surface area contributed by atoms with Gasteiger partial charge in [0, 0.05) is 19.7 Å². The Morgan fingerprint density at radius 3 is 2.72 bits per heavy atom. The van der Waals surface area contributed by atoms with Gasteiger partial charge >= 0.3 is 0 Å². The molecule has 0 aliphatic carbocycles. The topological polar surface area (TPSA) is 30.5 Å². The van der Waals surface area contributed by atoms with Gasteiger partial charge in [0.05, 0.1) is 12.7 Å². The van der Waals surface area contributed by atoms with Crippen molar-refractivity contribution in [2.75, 3.05) is 20.3 Å². The molecule has 0 radical (unpaired) electrons. The van der Waals surface area contributed by atoms with Gasteiger partial charge in [-0.3, -0.25) is 0 Å². The summed E-state index contributed by atoms with van der Waals surface area (Å²) in [5.74, 6) is 0.947. The molecule has 102 valence electrons. The van der Waals surface area contributed by atoms with Gasteiger partial charge in [-0.1, -0.05) is 19.1 Å². The average Bonchev–Trinajstić information content (AvgIpc) is 2.39. The van der Waals surface area contributed by atoms with Crippen LogP contribution in [0.2, 0.25) is 0 Å². The molecule has 0 aliphatic rings. The third-order valence-corrected chi connectivity index (χ3v) is 3.03. The van der Waals surface area contributed by atoms with Crippen molar-refractivity contribution in [2.24, 2.45) is 0 Å². The molecule has 1 aromatic carbocycles. The zero-order chi connectivity index (χ0) is 13.4. The summed E-state index contributed by atoms with van der Waals surface area (Å²) in [4.78, 5) is 0. The number of nitrogens with one attached hydrogen (secondary N) is 1. The van der Waals surface area contributed by atoms with Crippen LogP contribution in [-0.2, 0) is 4.74 Å². The van der Waals surface area contributed by atoms with E-state index in [0.717, 1.165) is 25.3 Å². The van der Waals surface area contributed by atoms with Gasteiger partial charge in [-0.05, 0) is 38.0 Å². The number of ether oxygens (including phenoxy) is 2. The number of hydrogen-bond donors (Lipinski definition) is 1. The molecule has 0 bridgehead atoms. The molecule has 0 fully saturated rings. The molecule has 1 aromatic rings. The van der Waals surface area contributed by atoms with E-state index in [-0.39, 0.29) is 6.10 Å². The predicted octanol–water partition coefficient (Wildman–Crippen LogP) is 3.16. The Morgan fingerprint density at radius 1 is 1.28 bits per heavy atom. The number of rotatable bonds is 8. The molecule has 1 N–H and O–H groups in total. The molecule has 0 saturated heterocycles. The van der Waals surface area contributed by atoms with E-state index >= 15 is 0 Å². The van der Waals surface area contributed by atoms with E-state index in [9.17, 15) is 0 Å². The van der Waals surface area contributed by atoms with E-state index < -0.39 is 0 Å². The van der Waals surface area contributed by atoms with E-state index in [2.05, 4.69) is 38.2 Å². The second-order valence-corrected chi connectivity index (χ2v) is 4.58. The van der Waals surface area contributed by atoms with E-state index in [0.29, 0.717) is 6.04 Å². The van der Waals surface area contributed by atoms with Crippen LogP contribution in [0.15, 0.2) is 24.3 Å². The van der Waals surface area contributed by atoms with Crippen LogP contribution in [0.4, 0.5) is 0 Å². The zero-order valence-electron chi connectivity index (χ0n) is 11.9. The van der Waals surface area contributed by atoms with Crippen molar-refractivity contribution in [1.29, 1.82) is 0 Å². The van der Waals surface area contributed by atoms with Gasteiger partial charge in [-0.25, -0.2) is 0 Å². The molecule has 0 saturated carbocycles. The molecular weight excluding hydrogens is 226 g/mol. The van der Waals surface area contributed by atoms with Crippen molar-refractivity contribution in [3.63, 3.8) is 0 Å². The summed E-state index contributed by atoms with van der Waals surface area (Å²) in [5.41, 5.74) is 1.24. The van der Waals surface area contributed by atoms with Crippen molar-refractivity contribution < 1.29 is 9.47 Å². The largest absolute Gasteiger partial charge is 0.491 e. The normalized spacial score (nSPS) is 14.2. The van der Waals surface area contributed by atoms with Crippen LogP contribution in [0.25, 0.3) is 0 Å². The molecule has 3 nitrogen and oxygen atoms in total. The summed E-state index contributed by atoms with van der Waals surface area (Å²) >= 11 is 0. The van der Waals surface area contributed by atoms with Gasteiger partial charge < -0.3 is 14.8 Å². The molecule has 0 aromatic heterocycles. The molecule has 18 heavy (non-hydrogen) atoms. The summed E-state index contributed by atoms with van der Waals surface area (Å²) in [6.45, 7) is 7.95. The molecule has 2 atom stereocenters. The second-order valence-electron chi connectivity index (χ2n) is 4.58. The maximum Gasteiger partial charge on any atom is 0.120 e. The highest BCUT2D eigenvalue weighted by Gasteiger charge is 2.07. The Morgan fingerprint density at radius 2 is 2.06 bits per heavy atom. The smallest absolute Gasteiger partial charge is 0.120 e. The fourth-order valence-electron chi connectivity index (χ4n) is 1.67. The number of benzene rings is 1. The highest BCUT2D eigenvalue weighted by molar-refractivity contribution is 5.30. The minimum absolute atomic E-state index is 0.261. The van der Waals surface area contributed by atoms with Gasteiger partial charge in [0.1, 0.15) is 5.75 Å². The van der Waals surface area contributed by atoms with E-state index in [4.69, 9.17) is 9.47 Å². The highest BCUT2D eigenvalue weighted by atomic mass is 16.5. The van der Waals surface area contributed by atoms with Crippen molar-refractivity contribution in [2.45, 2.75) is 39.3 Å². The molecule has 0 heterocycles. The number of hydrogen-bond acceptors (Lipinski definition) is 3. The molecule has 0 unspecified atom stereocenters. The third kappa shape index (κ3) is 5.07. The first-order valence-corrected chi connectivity index (χ1v) is 6.66. The molecule has 0 spiro atoms. The lowest BCUT2D eigenvalue weighted by molar-refractivity contribution is 0.196. The van der Waals surface area contributed by atoms with Gasteiger partial charge in [0.15, 0.2) is 0 Å². The van der Waals surface area contributed by atoms with Gasteiger partial charge in [0.2, 0.25) is 0 Å². The van der Waals surface area contributed by atoms with Crippen molar-refractivity contribution >= 4 is 0 Å². The molecular formula is C15H25NO2. The van der Waals surface area contributed by atoms with Gasteiger partial charge in [-0.2, -0.15) is 0 Å². The van der Waals surface area contributed by atoms with E-state index in [1.165, 1.54) is 5.56 Å². The quantitative estimate of drug-likeness (QED) is 0.720. The Kier molecular flexibility index (Phi) is 6.76. The molecule has 0 amide bonds. The van der Waals surface area contributed by atoms with Crippen LogP contribution in [0, 0.1) is 0 Å². The maximum atomic E-state index is 5.83. The third-order valence-electron chi connectivity index (χ3n) is 3.03. The second kappa shape index (κ2) is 8.11. The SMILES string of the molecule is CC[C@H](C)Oc1cccc([C@@H](C)NCCOC)c1. The zero-order valence-corrected chi connectivity index (χ0v) is 11.9. The van der Waals surface area contributed by atoms with Crippen LogP contribution in [0.5, 0.6) is 5.75 Å². The summed E-state index contributed by atoms with van der Waals surface area (Å²) in [6, 6.07) is 8.59. The summed E-state index contributed by atoms with van der Waals surface area (Å²) < 4.78 is 10.9. The van der Waals surface area contributed by atoms with Crippen LogP contribution >= 0.6 is 0 Å². The minimum Gasteiger partial charge on any atom is -0.491 e. The average molecular weight is 251 g/mol. The lowest BCUT2D eigenvalue weighted by Gasteiger charge is -2.17. The molecule has 1 rings (SSSR count). The predicted molar refractivity (Wildman–Crippen MR) is 75.1 cm³/mol. The summed E-state index contributed by atoms with van der Waals surface area (Å²) in [7, 11) is 1.72. The molecule has 3 heteroatoms. The lowest BCUT2D eigenvalue weighted by atomic mass is 10.1. The summed E-state index contributed by atoms with van der Waals surface area (Å²) in [5, 5.41) is 3.41. The Balaban J connectivity index is 2.57. The fraction of sp³-hybridized carbons (Fsp3) is 0.600. The first-order chi connectivity index (χ1) is 8.67. The lowest BCUT2D eigenvalue weighted by Crippen LogP contribution is -2.22. The fourth-order valence-corrected chi connectivity index (χ4v) is 1.67.